The van der Waals surface area contributed by atoms with Crippen molar-refractivity contribution in [3.63, 3.8) is 0 Å². The molecule has 0 spiro atoms. The Morgan fingerprint density at radius 2 is 1.97 bits per heavy atom. The second kappa shape index (κ2) is 6.62. The molecule has 1 aliphatic carbocycles. The predicted molar refractivity (Wildman–Crippen MR) is 113 cm³/mol. The van der Waals surface area contributed by atoms with Gasteiger partial charge in [-0.1, -0.05) is 36.6 Å². The van der Waals surface area contributed by atoms with Crippen molar-refractivity contribution in [1.82, 2.24) is 23.1 Å². The quantitative estimate of drug-likeness (QED) is 0.519. The molecule has 5 rings (SSSR count). The third kappa shape index (κ3) is 2.75. The number of aromatic nitrogens is 5. The monoisotopic (exact) mass is 411 g/mol. The zero-order valence-electron chi connectivity index (χ0n) is 16.4. The molecule has 1 aliphatic rings. The molecule has 1 fully saturated rings. The van der Waals surface area contributed by atoms with Crippen LogP contribution in [0.5, 0.6) is 0 Å². The highest BCUT2D eigenvalue weighted by Gasteiger charge is 2.25. The standard InChI is InChI=1S/C21H22ClN5O2/c1-13-11-25-17-18(23-20(25)27(13)16-8-3-4-9-16)24(2)21(29)26(19(17)28)12-14-6-5-7-15(22)10-14/h5-7,10-11,16H,3-4,8-9,12H2,1-2H3. The third-order valence-corrected chi connectivity index (χ3v) is 6.22. The lowest BCUT2D eigenvalue weighted by atomic mass is 10.2. The highest BCUT2D eigenvalue weighted by Crippen LogP contribution is 2.33. The van der Waals surface area contributed by atoms with E-state index in [2.05, 4.69) is 4.57 Å². The Labute approximate surface area is 171 Å². The lowest BCUT2D eigenvalue weighted by Crippen LogP contribution is -2.39. The number of benzene rings is 1. The van der Waals surface area contributed by atoms with Crippen molar-refractivity contribution >= 4 is 28.5 Å². The number of nitrogens with zero attached hydrogens (tertiary/aromatic N) is 5. The van der Waals surface area contributed by atoms with Crippen molar-refractivity contribution in [2.75, 3.05) is 0 Å². The van der Waals surface area contributed by atoms with Crippen LogP contribution in [0.25, 0.3) is 16.9 Å². The highest BCUT2D eigenvalue weighted by molar-refractivity contribution is 6.30. The summed E-state index contributed by atoms with van der Waals surface area (Å²) in [5.74, 6) is 0.733. The molecule has 3 heterocycles. The maximum absolute atomic E-state index is 13.4. The molecule has 0 N–H and O–H groups in total. The average Bonchev–Trinajstić information content (AvgIpc) is 3.39. The van der Waals surface area contributed by atoms with E-state index >= 15 is 0 Å². The Balaban J connectivity index is 1.76. The number of hydrogen-bond donors (Lipinski definition) is 0. The molecule has 3 aromatic heterocycles. The molecule has 0 amide bonds. The molecule has 0 saturated heterocycles. The van der Waals surface area contributed by atoms with E-state index in [0.717, 1.165) is 29.9 Å². The van der Waals surface area contributed by atoms with Gasteiger partial charge in [-0.15, -0.1) is 0 Å². The fourth-order valence-corrected chi connectivity index (χ4v) is 4.81. The smallest absolute Gasteiger partial charge is 0.311 e. The molecule has 1 aromatic carbocycles. The van der Waals surface area contributed by atoms with Crippen molar-refractivity contribution < 1.29 is 0 Å². The van der Waals surface area contributed by atoms with Crippen molar-refractivity contribution in [2.45, 2.75) is 45.2 Å². The Bertz CT molecular complexity index is 1370. The molecule has 4 aromatic rings. The Morgan fingerprint density at radius 3 is 2.69 bits per heavy atom. The van der Waals surface area contributed by atoms with Crippen molar-refractivity contribution in [3.8, 4) is 0 Å². The van der Waals surface area contributed by atoms with Gasteiger partial charge in [-0.2, -0.15) is 4.98 Å². The van der Waals surface area contributed by atoms with Gasteiger partial charge in [0.15, 0.2) is 11.2 Å². The van der Waals surface area contributed by atoms with Gasteiger partial charge in [0.25, 0.3) is 5.56 Å². The maximum Gasteiger partial charge on any atom is 0.332 e. The minimum absolute atomic E-state index is 0.164. The van der Waals surface area contributed by atoms with Gasteiger partial charge in [0.1, 0.15) is 0 Å². The molecule has 0 aliphatic heterocycles. The van der Waals surface area contributed by atoms with Crippen LogP contribution in [0.1, 0.15) is 43.0 Å². The van der Waals surface area contributed by atoms with E-state index in [4.69, 9.17) is 16.6 Å². The highest BCUT2D eigenvalue weighted by atomic mass is 35.5. The number of halogens is 1. The van der Waals surface area contributed by atoms with Crippen LogP contribution >= 0.6 is 11.6 Å². The van der Waals surface area contributed by atoms with E-state index in [1.165, 1.54) is 22.0 Å². The SMILES string of the molecule is Cc1cn2c3c(=O)n(Cc4cccc(Cl)c4)c(=O)n(C)c3nc2n1C1CCCC1. The fraction of sp³-hybridized carbons (Fsp3) is 0.381. The van der Waals surface area contributed by atoms with Gasteiger partial charge in [0.2, 0.25) is 5.78 Å². The minimum Gasteiger partial charge on any atom is -0.311 e. The van der Waals surface area contributed by atoms with Crippen molar-refractivity contribution in [3.05, 3.63) is 67.6 Å². The van der Waals surface area contributed by atoms with Crippen molar-refractivity contribution in [2.24, 2.45) is 7.05 Å². The van der Waals surface area contributed by atoms with E-state index in [1.54, 1.807) is 19.2 Å². The van der Waals surface area contributed by atoms with Crippen LogP contribution in [0.15, 0.2) is 40.1 Å². The van der Waals surface area contributed by atoms with E-state index in [1.807, 2.05) is 29.7 Å². The van der Waals surface area contributed by atoms with Crippen LogP contribution < -0.4 is 11.2 Å². The molecule has 7 nitrogen and oxygen atoms in total. The minimum atomic E-state index is -0.382. The zero-order valence-corrected chi connectivity index (χ0v) is 17.2. The summed E-state index contributed by atoms with van der Waals surface area (Å²) < 4.78 is 6.78. The lowest BCUT2D eigenvalue weighted by molar-refractivity contribution is 0.520. The van der Waals surface area contributed by atoms with Crippen LogP contribution in [0.4, 0.5) is 0 Å². The van der Waals surface area contributed by atoms with Gasteiger partial charge in [0.05, 0.1) is 6.54 Å². The first-order valence-electron chi connectivity index (χ1n) is 9.89. The summed E-state index contributed by atoms with van der Waals surface area (Å²) in [4.78, 5) is 31.0. The van der Waals surface area contributed by atoms with Crippen LogP contribution in [0.2, 0.25) is 5.02 Å². The van der Waals surface area contributed by atoms with E-state index < -0.39 is 0 Å². The number of fused-ring (bicyclic) bond motifs is 3. The van der Waals surface area contributed by atoms with Crippen LogP contribution in [-0.2, 0) is 13.6 Å². The Morgan fingerprint density at radius 1 is 1.21 bits per heavy atom. The van der Waals surface area contributed by atoms with Gasteiger partial charge in [-0.25, -0.2) is 4.79 Å². The number of aryl methyl sites for hydroxylation is 2. The van der Waals surface area contributed by atoms with Gasteiger partial charge < -0.3 is 4.57 Å². The van der Waals surface area contributed by atoms with E-state index in [9.17, 15) is 9.59 Å². The molecule has 29 heavy (non-hydrogen) atoms. The second-order valence-electron chi connectivity index (χ2n) is 7.90. The van der Waals surface area contributed by atoms with E-state index in [0.29, 0.717) is 22.2 Å². The second-order valence-corrected chi connectivity index (χ2v) is 8.33. The number of imidazole rings is 2. The van der Waals surface area contributed by atoms with Gasteiger partial charge in [0, 0.05) is 30.0 Å². The molecular weight excluding hydrogens is 390 g/mol. The molecular formula is C21H22ClN5O2. The van der Waals surface area contributed by atoms with Crippen molar-refractivity contribution in [1.29, 1.82) is 0 Å². The zero-order chi connectivity index (χ0) is 20.3. The first kappa shape index (κ1) is 18.2. The number of rotatable bonds is 3. The average molecular weight is 412 g/mol. The summed E-state index contributed by atoms with van der Waals surface area (Å²) in [5, 5.41) is 0.574. The number of hydrogen-bond acceptors (Lipinski definition) is 3. The molecule has 8 heteroatoms. The summed E-state index contributed by atoms with van der Waals surface area (Å²) in [7, 11) is 1.66. The summed E-state index contributed by atoms with van der Waals surface area (Å²) in [6.45, 7) is 2.21. The molecule has 0 unspecified atom stereocenters. The topological polar surface area (TPSA) is 66.2 Å². The van der Waals surface area contributed by atoms with Gasteiger partial charge >= 0.3 is 5.69 Å². The summed E-state index contributed by atoms with van der Waals surface area (Å²) in [6.07, 6.45) is 6.61. The molecule has 150 valence electrons. The lowest BCUT2D eigenvalue weighted by Gasteiger charge is -2.13. The largest absolute Gasteiger partial charge is 0.332 e. The van der Waals surface area contributed by atoms with E-state index in [-0.39, 0.29) is 17.8 Å². The summed E-state index contributed by atoms with van der Waals surface area (Å²) in [5.41, 5.74) is 2.02. The summed E-state index contributed by atoms with van der Waals surface area (Å²) >= 11 is 6.07. The summed E-state index contributed by atoms with van der Waals surface area (Å²) in [6, 6.07) is 7.60. The first-order valence-corrected chi connectivity index (χ1v) is 10.3. The Kier molecular flexibility index (Phi) is 4.17. The Hall–Kier alpha value is -2.80. The molecule has 0 bridgehead atoms. The molecule has 0 atom stereocenters. The normalized spacial score (nSPS) is 15.1. The van der Waals surface area contributed by atoms with Gasteiger partial charge in [-0.3, -0.25) is 18.3 Å². The van der Waals surface area contributed by atoms with Crippen LogP contribution in [0, 0.1) is 6.92 Å². The van der Waals surface area contributed by atoms with Crippen LogP contribution in [-0.4, -0.2) is 23.1 Å². The van der Waals surface area contributed by atoms with Gasteiger partial charge in [-0.05, 0) is 37.5 Å². The maximum atomic E-state index is 13.4. The third-order valence-electron chi connectivity index (χ3n) is 5.99. The first-order chi connectivity index (χ1) is 14.0. The fourth-order valence-electron chi connectivity index (χ4n) is 4.60. The van der Waals surface area contributed by atoms with Crippen LogP contribution in [0.3, 0.4) is 0 Å². The predicted octanol–water partition coefficient (Wildman–Crippen LogP) is 3.27. The molecule has 1 saturated carbocycles. The molecule has 0 radical (unpaired) electrons.